The maximum Gasteiger partial charge on any atom is 0.340 e. The largest absolute Gasteiger partial charge is 0.465 e. The summed E-state index contributed by atoms with van der Waals surface area (Å²) in [5.74, 6) is -0.581. The van der Waals surface area contributed by atoms with Gasteiger partial charge in [-0.15, -0.1) is 0 Å². The molecule has 0 N–H and O–H groups in total. The molecule has 0 amide bonds. The number of hydrogen-bond donors (Lipinski definition) is 0. The van der Waals surface area contributed by atoms with Crippen molar-refractivity contribution in [2.45, 2.75) is 45.5 Å². The van der Waals surface area contributed by atoms with Crippen LogP contribution in [0.3, 0.4) is 0 Å². The summed E-state index contributed by atoms with van der Waals surface area (Å²) in [6, 6.07) is 5.01. The van der Waals surface area contributed by atoms with Crippen LogP contribution in [0.4, 0.5) is 5.69 Å². The fourth-order valence-corrected chi connectivity index (χ4v) is 3.34. The fraction of sp³-hybridized carbons (Fsp3) is 0.588. The lowest BCUT2D eigenvalue weighted by molar-refractivity contribution is 0.0601. The van der Waals surface area contributed by atoms with Crippen molar-refractivity contribution in [1.29, 1.82) is 0 Å². The van der Waals surface area contributed by atoms with Crippen LogP contribution in [0.2, 0.25) is 18.1 Å². The van der Waals surface area contributed by atoms with Crippen molar-refractivity contribution in [3.8, 4) is 0 Å². The molecular formula is C17H29NO5SSi. The van der Waals surface area contributed by atoms with E-state index in [1.807, 2.05) is 0 Å². The molecule has 0 aliphatic rings. The average molecular weight is 388 g/mol. The topological polar surface area (TPSA) is 72.9 Å². The van der Waals surface area contributed by atoms with Gasteiger partial charge in [-0.25, -0.2) is 13.2 Å². The summed E-state index contributed by atoms with van der Waals surface area (Å²) in [5, 5.41) is 0.0747. The molecule has 0 radical (unpaired) electrons. The number of anilines is 1. The summed E-state index contributed by atoms with van der Waals surface area (Å²) in [6.45, 7) is 11.1. The van der Waals surface area contributed by atoms with E-state index >= 15 is 0 Å². The van der Waals surface area contributed by atoms with Crippen molar-refractivity contribution >= 4 is 30.0 Å². The van der Waals surface area contributed by atoms with Crippen molar-refractivity contribution in [3.63, 3.8) is 0 Å². The molecule has 25 heavy (non-hydrogen) atoms. The number of carbonyl (C=O) groups is 1. The molecule has 0 aliphatic heterocycles. The molecule has 1 aromatic carbocycles. The van der Waals surface area contributed by atoms with Crippen LogP contribution in [-0.2, 0) is 25.8 Å². The standard InChI is InChI=1S/C17H29NO5SSi/c1-17(2,3)25(7,8)23-12-13-9-10-14(16(19)22-5)15(11-13)18(4)24(6,20)21/h9-11H,12H2,1-8H3. The number of rotatable bonds is 6. The third-order valence-corrected chi connectivity index (χ3v) is 10.4. The van der Waals surface area contributed by atoms with Crippen molar-refractivity contribution in [2.24, 2.45) is 0 Å². The van der Waals surface area contributed by atoms with E-state index in [-0.39, 0.29) is 16.3 Å². The van der Waals surface area contributed by atoms with Crippen LogP contribution < -0.4 is 4.31 Å². The van der Waals surface area contributed by atoms with Crippen molar-refractivity contribution in [1.82, 2.24) is 0 Å². The number of esters is 1. The molecular weight excluding hydrogens is 358 g/mol. The third-order valence-electron chi connectivity index (χ3n) is 4.71. The van der Waals surface area contributed by atoms with Gasteiger partial charge in [-0.2, -0.15) is 0 Å². The van der Waals surface area contributed by atoms with E-state index in [9.17, 15) is 13.2 Å². The van der Waals surface area contributed by atoms with Crippen LogP contribution in [0, 0.1) is 0 Å². The highest BCUT2D eigenvalue weighted by Gasteiger charge is 2.37. The smallest absolute Gasteiger partial charge is 0.340 e. The second kappa shape index (κ2) is 7.47. The minimum absolute atomic E-state index is 0.0747. The van der Waals surface area contributed by atoms with E-state index in [0.29, 0.717) is 6.61 Å². The summed E-state index contributed by atoms with van der Waals surface area (Å²) in [7, 11) is -2.77. The van der Waals surface area contributed by atoms with Crippen molar-refractivity contribution in [3.05, 3.63) is 29.3 Å². The van der Waals surface area contributed by atoms with Gasteiger partial charge in [0.1, 0.15) is 0 Å². The lowest BCUT2D eigenvalue weighted by atomic mass is 10.1. The van der Waals surface area contributed by atoms with Crippen LogP contribution in [-0.4, -0.2) is 43.1 Å². The first-order valence-electron chi connectivity index (χ1n) is 8.00. The molecule has 8 heteroatoms. The summed E-state index contributed by atoms with van der Waals surface area (Å²) in [4.78, 5) is 12.0. The second-order valence-corrected chi connectivity index (χ2v) is 14.4. The highest BCUT2D eigenvalue weighted by Crippen LogP contribution is 2.37. The highest BCUT2D eigenvalue weighted by atomic mass is 32.2. The lowest BCUT2D eigenvalue weighted by Crippen LogP contribution is -2.40. The van der Waals surface area contributed by atoms with Crippen LogP contribution in [0.5, 0.6) is 0 Å². The molecule has 0 fully saturated rings. The molecule has 0 bridgehead atoms. The Labute approximate surface area is 152 Å². The predicted octanol–water partition coefficient (Wildman–Crippen LogP) is 3.39. The third kappa shape index (κ3) is 5.29. The molecule has 6 nitrogen and oxygen atoms in total. The number of benzene rings is 1. The van der Waals surface area contributed by atoms with Crippen molar-refractivity contribution < 1.29 is 22.4 Å². The van der Waals surface area contributed by atoms with E-state index in [0.717, 1.165) is 16.1 Å². The van der Waals surface area contributed by atoms with Gasteiger partial charge in [0, 0.05) is 7.05 Å². The maximum atomic E-state index is 12.0. The van der Waals surface area contributed by atoms with Crippen LogP contribution in [0.1, 0.15) is 36.7 Å². The molecule has 1 rings (SSSR count). The zero-order valence-corrected chi connectivity index (χ0v) is 18.2. The Hall–Kier alpha value is -1.38. The monoisotopic (exact) mass is 387 g/mol. The van der Waals surface area contributed by atoms with E-state index in [1.165, 1.54) is 14.2 Å². The number of hydrogen-bond acceptors (Lipinski definition) is 5. The van der Waals surface area contributed by atoms with Crippen molar-refractivity contribution in [2.75, 3.05) is 24.7 Å². The van der Waals surface area contributed by atoms with Gasteiger partial charge >= 0.3 is 5.97 Å². The van der Waals surface area contributed by atoms with E-state index in [2.05, 4.69) is 33.9 Å². The van der Waals surface area contributed by atoms with Crippen LogP contribution in [0.25, 0.3) is 0 Å². The Kier molecular flexibility index (Phi) is 6.47. The Bertz CT molecular complexity index is 738. The molecule has 0 unspecified atom stereocenters. The van der Waals surface area contributed by atoms with E-state index < -0.39 is 24.3 Å². The summed E-state index contributed by atoms with van der Waals surface area (Å²) < 4.78 is 35.8. The Morgan fingerprint density at radius 1 is 1.24 bits per heavy atom. The fourth-order valence-electron chi connectivity index (χ4n) is 1.87. The van der Waals surface area contributed by atoms with Gasteiger partial charge in [0.15, 0.2) is 8.32 Å². The maximum absolute atomic E-state index is 12.0. The van der Waals surface area contributed by atoms with Gasteiger partial charge in [-0.3, -0.25) is 4.31 Å². The van der Waals surface area contributed by atoms with Gasteiger partial charge in [0.2, 0.25) is 10.0 Å². The molecule has 0 atom stereocenters. The van der Waals surface area contributed by atoms with Crippen LogP contribution in [0.15, 0.2) is 18.2 Å². The highest BCUT2D eigenvalue weighted by molar-refractivity contribution is 7.92. The Morgan fingerprint density at radius 2 is 1.80 bits per heavy atom. The molecule has 142 valence electrons. The Balaban J connectivity index is 3.23. The number of carbonyl (C=O) groups excluding carboxylic acids is 1. The van der Waals surface area contributed by atoms with Crippen LogP contribution >= 0.6 is 0 Å². The molecule has 0 saturated carbocycles. The summed E-state index contributed by atoms with van der Waals surface area (Å²) in [5.41, 5.74) is 1.29. The zero-order chi connectivity index (χ0) is 19.6. The number of sulfonamides is 1. The van der Waals surface area contributed by atoms with Gasteiger partial charge < -0.3 is 9.16 Å². The molecule has 0 aliphatic carbocycles. The molecule has 0 spiro atoms. The minimum atomic E-state index is -3.51. The number of ether oxygens (including phenoxy) is 1. The zero-order valence-electron chi connectivity index (χ0n) is 16.3. The molecule has 0 heterocycles. The minimum Gasteiger partial charge on any atom is -0.465 e. The molecule has 0 saturated heterocycles. The second-order valence-electron chi connectivity index (χ2n) is 7.62. The predicted molar refractivity (Wildman–Crippen MR) is 103 cm³/mol. The van der Waals surface area contributed by atoms with E-state index in [4.69, 9.17) is 9.16 Å². The molecule has 0 aromatic heterocycles. The first-order chi connectivity index (χ1) is 11.2. The van der Waals surface area contributed by atoms with Gasteiger partial charge in [-0.1, -0.05) is 26.8 Å². The Morgan fingerprint density at radius 3 is 2.24 bits per heavy atom. The quantitative estimate of drug-likeness (QED) is 0.552. The van der Waals surface area contributed by atoms with Gasteiger partial charge in [0.05, 0.1) is 31.2 Å². The summed E-state index contributed by atoms with van der Waals surface area (Å²) in [6.07, 6.45) is 1.09. The number of nitrogens with zero attached hydrogens (tertiary/aromatic N) is 1. The van der Waals surface area contributed by atoms with Gasteiger partial charge in [-0.05, 0) is 35.8 Å². The normalized spacial score (nSPS) is 12.8. The number of methoxy groups -OCH3 is 1. The van der Waals surface area contributed by atoms with E-state index in [1.54, 1.807) is 18.2 Å². The average Bonchev–Trinajstić information content (AvgIpc) is 2.49. The first kappa shape index (κ1) is 21.7. The lowest BCUT2D eigenvalue weighted by Gasteiger charge is -2.36. The SMILES string of the molecule is COC(=O)c1ccc(CO[Si](C)(C)C(C)(C)C)cc1N(C)S(C)(=O)=O. The molecule has 1 aromatic rings. The first-order valence-corrected chi connectivity index (χ1v) is 12.8. The summed E-state index contributed by atoms with van der Waals surface area (Å²) >= 11 is 0. The van der Waals surface area contributed by atoms with Gasteiger partial charge in [0.25, 0.3) is 0 Å².